The van der Waals surface area contributed by atoms with Gasteiger partial charge in [0.05, 0.1) is 6.61 Å². The number of hydrogen-bond acceptors (Lipinski definition) is 3. The Morgan fingerprint density at radius 1 is 1.25 bits per heavy atom. The average molecular weight is 284 g/mol. The number of amides is 3. The van der Waals surface area contributed by atoms with Gasteiger partial charge < -0.3 is 9.64 Å². The van der Waals surface area contributed by atoms with Crippen molar-refractivity contribution in [3.05, 3.63) is 0 Å². The van der Waals surface area contributed by atoms with Crippen molar-refractivity contribution in [1.82, 2.24) is 9.80 Å². The van der Waals surface area contributed by atoms with E-state index in [4.69, 9.17) is 4.74 Å². The number of carbonyl (C=O) groups excluding carboxylic acids is 2. The zero-order chi connectivity index (χ0) is 15.1. The first-order valence-corrected chi connectivity index (χ1v) is 7.72. The van der Waals surface area contributed by atoms with Crippen LogP contribution in [0, 0.1) is 5.92 Å². The highest BCUT2D eigenvalue weighted by molar-refractivity contribution is 6.04. The second-order valence-electron chi connectivity index (χ2n) is 5.43. The summed E-state index contributed by atoms with van der Waals surface area (Å²) < 4.78 is 5.31. The first-order valence-electron chi connectivity index (χ1n) is 7.72. The van der Waals surface area contributed by atoms with E-state index in [0.29, 0.717) is 25.7 Å². The third-order valence-corrected chi connectivity index (χ3v) is 4.02. The molecule has 0 aliphatic carbocycles. The van der Waals surface area contributed by atoms with E-state index in [1.807, 2.05) is 6.92 Å². The van der Waals surface area contributed by atoms with Crippen LogP contribution in [0.25, 0.3) is 0 Å². The van der Waals surface area contributed by atoms with Gasteiger partial charge >= 0.3 is 6.03 Å². The van der Waals surface area contributed by atoms with Crippen LogP contribution >= 0.6 is 0 Å². The van der Waals surface area contributed by atoms with Gasteiger partial charge in [0.1, 0.15) is 6.04 Å². The molecule has 0 bridgehead atoms. The zero-order valence-electron chi connectivity index (χ0n) is 13.2. The van der Waals surface area contributed by atoms with E-state index in [1.165, 1.54) is 9.80 Å². The topological polar surface area (TPSA) is 49.9 Å². The van der Waals surface area contributed by atoms with Gasteiger partial charge in [0, 0.05) is 20.2 Å². The molecule has 2 atom stereocenters. The number of hydrogen-bond donors (Lipinski definition) is 0. The molecule has 1 rings (SSSR count). The predicted octanol–water partition coefficient (Wildman–Crippen LogP) is 2.50. The van der Waals surface area contributed by atoms with Crippen LogP contribution in [0.1, 0.15) is 46.5 Å². The van der Waals surface area contributed by atoms with E-state index >= 15 is 0 Å². The van der Waals surface area contributed by atoms with Crippen molar-refractivity contribution >= 4 is 11.9 Å². The van der Waals surface area contributed by atoms with Gasteiger partial charge in [-0.05, 0) is 19.3 Å². The smallest absolute Gasteiger partial charge is 0.327 e. The standard InChI is InChI=1S/C15H28N2O3/c1-5-8-9-12(6-2)10-17-14(18)13(11-20-7-3)16(4)15(17)19/h12-13H,5-11H2,1-4H3. The highest BCUT2D eigenvalue weighted by atomic mass is 16.5. The summed E-state index contributed by atoms with van der Waals surface area (Å²) in [6.07, 6.45) is 4.36. The lowest BCUT2D eigenvalue weighted by molar-refractivity contribution is -0.130. The molecule has 1 saturated heterocycles. The molecule has 5 nitrogen and oxygen atoms in total. The van der Waals surface area contributed by atoms with Crippen LogP contribution in [0.3, 0.4) is 0 Å². The molecule has 1 aliphatic rings. The molecule has 0 spiro atoms. The third-order valence-electron chi connectivity index (χ3n) is 4.02. The summed E-state index contributed by atoms with van der Waals surface area (Å²) in [6.45, 7) is 7.55. The number of likely N-dealkylation sites (N-methyl/N-ethyl adjacent to an activating group) is 1. The normalized spacial score (nSPS) is 20.9. The molecule has 0 saturated carbocycles. The molecule has 116 valence electrons. The summed E-state index contributed by atoms with van der Waals surface area (Å²) >= 11 is 0. The molecule has 20 heavy (non-hydrogen) atoms. The second-order valence-corrected chi connectivity index (χ2v) is 5.43. The van der Waals surface area contributed by atoms with Crippen molar-refractivity contribution in [2.24, 2.45) is 5.92 Å². The van der Waals surface area contributed by atoms with Crippen LogP contribution in [-0.2, 0) is 9.53 Å². The molecule has 0 aromatic carbocycles. The second kappa shape index (κ2) is 8.25. The molecule has 1 heterocycles. The molecule has 0 aromatic rings. The van der Waals surface area contributed by atoms with Crippen molar-refractivity contribution in [3.8, 4) is 0 Å². The first kappa shape index (κ1) is 17.0. The molecule has 1 aliphatic heterocycles. The molecular weight excluding hydrogens is 256 g/mol. The van der Waals surface area contributed by atoms with E-state index in [2.05, 4.69) is 13.8 Å². The average Bonchev–Trinajstić information content (AvgIpc) is 2.65. The van der Waals surface area contributed by atoms with Crippen molar-refractivity contribution in [3.63, 3.8) is 0 Å². The number of rotatable bonds is 9. The Balaban J connectivity index is 2.65. The van der Waals surface area contributed by atoms with Crippen LogP contribution in [0.15, 0.2) is 0 Å². The lowest BCUT2D eigenvalue weighted by Crippen LogP contribution is -2.36. The van der Waals surface area contributed by atoms with Gasteiger partial charge in [-0.25, -0.2) is 4.79 Å². The highest BCUT2D eigenvalue weighted by Gasteiger charge is 2.43. The van der Waals surface area contributed by atoms with E-state index < -0.39 is 6.04 Å². The lowest BCUT2D eigenvalue weighted by atomic mass is 9.99. The first-order chi connectivity index (χ1) is 9.56. The highest BCUT2D eigenvalue weighted by Crippen LogP contribution is 2.21. The summed E-state index contributed by atoms with van der Waals surface area (Å²) in [5.41, 5.74) is 0. The number of unbranched alkanes of at least 4 members (excludes halogenated alkanes) is 1. The number of ether oxygens (including phenoxy) is 1. The predicted molar refractivity (Wildman–Crippen MR) is 78.5 cm³/mol. The Morgan fingerprint density at radius 3 is 2.50 bits per heavy atom. The van der Waals surface area contributed by atoms with Crippen LogP contribution in [0.5, 0.6) is 0 Å². The Morgan fingerprint density at radius 2 is 1.95 bits per heavy atom. The van der Waals surface area contributed by atoms with Crippen molar-refractivity contribution < 1.29 is 14.3 Å². The van der Waals surface area contributed by atoms with Gasteiger partial charge in [0.25, 0.3) is 5.91 Å². The maximum atomic E-state index is 12.3. The summed E-state index contributed by atoms with van der Waals surface area (Å²) in [5, 5.41) is 0. The Labute approximate surface area is 122 Å². The quantitative estimate of drug-likeness (QED) is 0.611. The number of imide groups is 1. The minimum Gasteiger partial charge on any atom is -0.379 e. The van der Waals surface area contributed by atoms with Gasteiger partial charge in [-0.3, -0.25) is 9.69 Å². The Kier molecular flexibility index (Phi) is 6.99. The third kappa shape index (κ3) is 3.95. The molecule has 5 heteroatoms. The fraction of sp³-hybridized carbons (Fsp3) is 0.867. The zero-order valence-corrected chi connectivity index (χ0v) is 13.2. The van der Waals surface area contributed by atoms with Crippen LogP contribution in [-0.4, -0.2) is 54.6 Å². The Hall–Kier alpha value is -1.10. The van der Waals surface area contributed by atoms with E-state index in [1.54, 1.807) is 7.05 Å². The van der Waals surface area contributed by atoms with E-state index in [0.717, 1.165) is 25.7 Å². The number of urea groups is 1. The Bertz CT molecular complexity index is 333. The van der Waals surface area contributed by atoms with Crippen LogP contribution in [0.4, 0.5) is 4.79 Å². The summed E-state index contributed by atoms with van der Waals surface area (Å²) in [6, 6.07) is -0.638. The monoisotopic (exact) mass is 284 g/mol. The van der Waals surface area contributed by atoms with E-state index in [9.17, 15) is 9.59 Å². The van der Waals surface area contributed by atoms with Gasteiger partial charge in [0.2, 0.25) is 0 Å². The minimum atomic E-state index is -0.453. The maximum Gasteiger partial charge on any atom is 0.327 e. The SMILES string of the molecule is CCCCC(CC)CN1C(=O)C(COCC)N(C)C1=O. The molecule has 2 unspecified atom stereocenters. The molecular formula is C15H28N2O3. The van der Waals surface area contributed by atoms with Crippen LogP contribution < -0.4 is 0 Å². The summed E-state index contributed by atoms with van der Waals surface area (Å²) in [7, 11) is 1.68. The van der Waals surface area contributed by atoms with Crippen molar-refractivity contribution in [2.75, 3.05) is 26.8 Å². The lowest BCUT2D eigenvalue weighted by Gasteiger charge is -2.21. The molecule has 1 fully saturated rings. The van der Waals surface area contributed by atoms with Gasteiger partial charge in [0.15, 0.2) is 0 Å². The summed E-state index contributed by atoms with van der Waals surface area (Å²) in [5.74, 6) is 0.294. The van der Waals surface area contributed by atoms with Crippen molar-refractivity contribution in [1.29, 1.82) is 0 Å². The number of nitrogens with zero attached hydrogens (tertiary/aromatic N) is 2. The summed E-state index contributed by atoms with van der Waals surface area (Å²) in [4.78, 5) is 27.4. The maximum absolute atomic E-state index is 12.3. The molecule has 3 amide bonds. The van der Waals surface area contributed by atoms with Gasteiger partial charge in [-0.15, -0.1) is 0 Å². The molecule has 0 radical (unpaired) electrons. The molecule has 0 aromatic heterocycles. The minimum absolute atomic E-state index is 0.110. The fourth-order valence-corrected chi connectivity index (χ4v) is 2.52. The van der Waals surface area contributed by atoms with Crippen molar-refractivity contribution in [2.45, 2.75) is 52.5 Å². The van der Waals surface area contributed by atoms with Crippen LogP contribution in [0.2, 0.25) is 0 Å². The molecule has 0 N–H and O–H groups in total. The van der Waals surface area contributed by atoms with Gasteiger partial charge in [-0.2, -0.15) is 0 Å². The van der Waals surface area contributed by atoms with Gasteiger partial charge in [-0.1, -0.05) is 33.1 Å². The largest absolute Gasteiger partial charge is 0.379 e. The number of carbonyl (C=O) groups is 2. The fourth-order valence-electron chi connectivity index (χ4n) is 2.52. The van der Waals surface area contributed by atoms with E-state index in [-0.39, 0.29) is 11.9 Å².